The molecule has 112 valence electrons. The van der Waals surface area contributed by atoms with Crippen LogP contribution in [0.25, 0.3) is 0 Å². The lowest BCUT2D eigenvalue weighted by atomic mass is 9.58. The van der Waals surface area contributed by atoms with Crippen LogP contribution in [-0.2, 0) is 24.0 Å². The van der Waals surface area contributed by atoms with Crippen LogP contribution in [-0.4, -0.2) is 23.6 Å². The van der Waals surface area contributed by atoms with Gasteiger partial charge in [0, 0.05) is 18.3 Å². The molecule has 5 aliphatic rings. The van der Waals surface area contributed by atoms with Crippen molar-refractivity contribution in [1.29, 1.82) is 0 Å². The third-order valence-corrected chi connectivity index (χ3v) is 5.97. The number of carbonyl (C=O) groups excluding carboxylic acids is 1. The zero-order chi connectivity index (χ0) is 14.1. The highest BCUT2D eigenvalue weighted by Crippen LogP contribution is 2.59. The molecule has 7 atom stereocenters. The van der Waals surface area contributed by atoms with Gasteiger partial charge in [0.25, 0.3) is 0 Å². The molecule has 0 aromatic heterocycles. The van der Waals surface area contributed by atoms with Crippen molar-refractivity contribution in [2.75, 3.05) is 0 Å². The molecule has 5 fully saturated rings. The molecular formula is C15H22O5. The van der Waals surface area contributed by atoms with Gasteiger partial charge in [-0.1, -0.05) is 13.8 Å². The number of carbonyl (C=O) groups is 1. The van der Waals surface area contributed by atoms with Crippen molar-refractivity contribution in [3.63, 3.8) is 0 Å². The fourth-order valence-electron chi connectivity index (χ4n) is 4.76. The van der Waals surface area contributed by atoms with Gasteiger partial charge in [-0.2, -0.15) is 0 Å². The van der Waals surface area contributed by atoms with Gasteiger partial charge in [0.15, 0.2) is 5.60 Å². The van der Waals surface area contributed by atoms with Crippen molar-refractivity contribution in [2.45, 2.75) is 64.1 Å². The van der Waals surface area contributed by atoms with E-state index in [0.29, 0.717) is 11.8 Å². The maximum atomic E-state index is 12.1. The first kappa shape index (κ1) is 13.0. The third-order valence-electron chi connectivity index (χ3n) is 5.97. The molecular weight excluding hydrogens is 260 g/mol. The first-order chi connectivity index (χ1) is 9.46. The Morgan fingerprint density at radius 1 is 1.10 bits per heavy atom. The molecule has 0 N–H and O–H groups in total. The predicted octanol–water partition coefficient (Wildman–Crippen LogP) is 2.39. The largest absolute Gasteiger partial charge is 0.432 e. The molecule has 4 aliphatic heterocycles. The summed E-state index contributed by atoms with van der Waals surface area (Å²) in [6.07, 6.45) is 3.24. The molecule has 4 saturated heterocycles. The highest BCUT2D eigenvalue weighted by Gasteiger charge is 2.69. The van der Waals surface area contributed by atoms with E-state index in [4.69, 9.17) is 19.2 Å². The molecule has 20 heavy (non-hydrogen) atoms. The van der Waals surface area contributed by atoms with Gasteiger partial charge in [0.2, 0.25) is 12.1 Å². The van der Waals surface area contributed by atoms with Gasteiger partial charge in [0.1, 0.15) is 0 Å². The summed E-state index contributed by atoms with van der Waals surface area (Å²) in [6, 6.07) is 0. The van der Waals surface area contributed by atoms with Crippen LogP contribution in [0.3, 0.4) is 0 Å². The Hall–Kier alpha value is -0.650. The van der Waals surface area contributed by atoms with Gasteiger partial charge in [-0.05, 0) is 32.1 Å². The second-order valence-electron chi connectivity index (χ2n) is 7.14. The summed E-state index contributed by atoms with van der Waals surface area (Å²) in [5.41, 5.74) is -0.610. The lowest BCUT2D eigenvalue weighted by Gasteiger charge is -2.57. The molecule has 0 amide bonds. The fourth-order valence-corrected chi connectivity index (χ4v) is 4.76. The van der Waals surface area contributed by atoms with Gasteiger partial charge in [-0.15, -0.1) is 0 Å². The SMILES string of the molecule is C[C@@H]1CC[C@H]2[C@H](C)C(=O)O[C@@H]3O[C@]4(C)CC[C@H]1[C@]32OO4. The Morgan fingerprint density at radius 2 is 1.90 bits per heavy atom. The average molecular weight is 282 g/mol. The molecule has 1 aliphatic carbocycles. The monoisotopic (exact) mass is 282 g/mol. The van der Waals surface area contributed by atoms with E-state index in [-0.39, 0.29) is 17.8 Å². The van der Waals surface area contributed by atoms with Gasteiger partial charge in [-0.25, -0.2) is 9.78 Å². The van der Waals surface area contributed by atoms with E-state index >= 15 is 0 Å². The number of rotatable bonds is 0. The van der Waals surface area contributed by atoms with Crippen LogP contribution in [0, 0.1) is 23.7 Å². The lowest BCUT2D eigenvalue weighted by Crippen LogP contribution is -2.69. The molecule has 0 aromatic carbocycles. The van der Waals surface area contributed by atoms with Crippen LogP contribution in [0.2, 0.25) is 0 Å². The second-order valence-corrected chi connectivity index (χ2v) is 7.14. The maximum Gasteiger partial charge on any atom is 0.311 e. The van der Waals surface area contributed by atoms with Crippen LogP contribution >= 0.6 is 0 Å². The Kier molecular flexibility index (Phi) is 2.58. The summed E-state index contributed by atoms with van der Waals surface area (Å²) in [7, 11) is 0. The van der Waals surface area contributed by atoms with E-state index in [1.165, 1.54) is 0 Å². The highest BCUT2D eigenvalue weighted by molar-refractivity contribution is 5.74. The van der Waals surface area contributed by atoms with E-state index in [1.54, 1.807) is 0 Å². The van der Waals surface area contributed by atoms with Crippen LogP contribution in [0.15, 0.2) is 0 Å². The number of ether oxygens (including phenoxy) is 2. The smallest absolute Gasteiger partial charge is 0.311 e. The summed E-state index contributed by atoms with van der Waals surface area (Å²) >= 11 is 0. The van der Waals surface area contributed by atoms with Crippen molar-refractivity contribution >= 4 is 5.97 Å². The lowest BCUT2D eigenvalue weighted by molar-refractivity contribution is -0.559. The molecule has 0 unspecified atom stereocenters. The molecule has 5 heteroatoms. The Labute approximate surface area is 118 Å². The predicted molar refractivity (Wildman–Crippen MR) is 68.0 cm³/mol. The topological polar surface area (TPSA) is 54.0 Å². The first-order valence-electron chi connectivity index (χ1n) is 7.71. The minimum atomic E-state index is -0.793. The molecule has 0 radical (unpaired) electrons. The quantitative estimate of drug-likeness (QED) is 0.504. The number of hydrogen-bond acceptors (Lipinski definition) is 5. The summed E-state index contributed by atoms with van der Waals surface area (Å²) < 4.78 is 11.6. The summed E-state index contributed by atoms with van der Waals surface area (Å²) in [6.45, 7) is 6.06. The van der Waals surface area contributed by atoms with Crippen molar-refractivity contribution in [3.8, 4) is 0 Å². The minimum absolute atomic E-state index is 0.123. The van der Waals surface area contributed by atoms with Gasteiger partial charge in [0.05, 0.1) is 5.92 Å². The van der Waals surface area contributed by atoms with Crippen molar-refractivity contribution < 1.29 is 24.0 Å². The molecule has 5 rings (SSSR count). The van der Waals surface area contributed by atoms with Gasteiger partial charge in [-0.3, -0.25) is 4.79 Å². The molecule has 4 heterocycles. The normalized spacial score (nSPS) is 57.8. The third kappa shape index (κ3) is 1.46. The Morgan fingerprint density at radius 3 is 2.70 bits per heavy atom. The van der Waals surface area contributed by atoms with Crippen LogP contribution < -0.4 is 0 Å². The Balaban J connectivity index is 1.84. The van der Waals surface area contributed by atoms with E-state index < -0.39 is 17.7 Å². The molecule has 0 aromatic rings. The molecule has 2 bridgehead atoms. The summed E-state index contributed by atoms with van der Waals surface area (Å²) in [5, 5.41) is 0. The highest BCUT2D eigenvalue weighted by atomic mass is 17.3. The van der Waals surface area contributed by atoms with E-state index in [1.807, 2.05) is 13.8 Å². The Bertz CT molecular complexity index is 452. The van der Waals surface area contributed by atoms with Crippen molar-refractivity contribution in [1.82, 2.24) is 0 Å². The van der Waals surface area contributed by atoms with E-state index in [2.05, 4.69) is 6.92 Å². The summed E-state index contributed by atoms with van der Waals surface area (Å²) in [5.74, 6) is -0.137. The van der Waals surface area contributed by atoms with Gasteiger partial charge >= 0.3 is 5.97 Å². The van der Waals surface area contributed by atoms with Crippen LogP contribution in [0.5, 0.6) is 0 Å². The second kappa shape index (κ2) is 3.96. The number of esters is 1. The van der Waals surface area contributed by atoms with Crippen LogP contribution in [0.1, 0.15) is 46.5 Å². The molecule has 5 nitrogen and oxygen atoms in total. The average Bonchev–Trinajstić information content (AvgIpc) is 2.63. The number of fused-ring (bicyclic) bond motifs is 2. The zero-order valence-electron chi connectivity index (χ0n) is 12.3. The minimum Gasteiger partial charge on any atom is -0.432 e. The van der Waals surface area contributed by atoms with Crippen molar-refractivity contribution in [2.24, 2.45) is 23.7 Å². The first-order valence-corrected chi connectivity index (χ1v) is 7.71. The fraction of sp³-hybridized carbons (Fsp3) is 0.933. The zero-order valence-corrected chi connectivity index (χ0v) is 12.3. The molecule has 1 saturated carbocycles. The van der Waals surface area contributed by atoms with Crippen molar-refractivity contribution in [3.05, 3.63) is 0 Å². The standard InChI is InChI=1S/C15H22O5/c1-8-4-5-11-9(2)12(16)17-13-15(11)10(8)6-7-14(3,18-13)19-20-15/h8-11,13H,4-7H2,1-3H3/t8-,9+,10-,11+,13-,14+,15-/m1/s1. The van der Waals surface area contributed by atoms with E-state index in [9.17, 15) is 4.79 Å². The van der Waals surface area contributed by atoms with E-state index in [0.717, 1.165) is 25.7 Å². The maximum absolute atomic E-state index is 12.1. The molecule has 1 spiro atoms. The van der Waals surface area contributed by atoms with Crippen LogP contribution in [0.4, 0.5) is 0 Å². The summed E-state index contributed by atoms with van der Waals surface area (Å²) in [4.78, 5) is 23.7. The number of hydrogen-bond donors (Lipinski definition) is 0. The van der Waals surface area contributed by atoms with Gasteiger partial charge < -0.3 is 9.47 Å².